The molecule has 7 nitrogen and oxygen atoms in total. The van der Waals surface area contributed by atoms with Crippen molar-refractivity contribution in [3.05, 3.63) is 17.7 Å². The highest BCUT2D eigenvalue weighted by molar-refractivity contribution is 5.92. The van der Waals surface area contributed by atoms with Gasteiger partial charge in [0, 0.05) is 26.2 Å². The average Bonchev–Trinajstić information content (AvgIpc) is 2.81. The van der Waals surface area contributed by atoms with Crippen LogP contribution >= 0.6 is 0 Å². The molecule has 0 unspecified atom stereocenters. The maximum atomic E-state index is 11.4. The van der Waals surface area contributed by atoms with Gasteiger partial charge in [0.1, 0.15) is 11.3 Å². The van der Waals surface area contributed by atoms with Crippen LogP contribution < -0.4 is 14.2 Å². The van der Waals surface area contributed by atoms with Crippen LogP contribution in [0.2, 0.25) is 0 Å². The molecule has 1 aliphatic heterocycles. The Bertz CT molecular complexity index is 525. The van der Waals surface area contributed by atoms with Crippen LogP contribution in [0.3, 0.4) is 0 Å². The molecular weight excluding hydrogens is 254 g/mol. The number of fused-ring (bicyclic) bond motifs is 1. The van der Waals surface area contributed by atoms with Gasteiger partial charge in [0.15, 0.2) is 18.1 Å². The van der Waals surface area contributed by atoms with Gasteiger partial charge in [-0.3, -0.25) is 4.79 Å². The van der Waals surface area contributed by atoms with Gasteiger partial charge in [0.2, 0.25) is 6.79 Å². The highest BCUT2D eigenvalue weighted by Gasteiger charge is 2.22. The van der Waals surface area contributed by atoms with E-state index in [-0.39, 0.29) is 30.6 Å². The van der Waals surface area contributed by atoms with Crippen molar-refractivity contribution in [2.75, 3.05) is 27.5 Å². The number of hydrogen-bond acceptors (Lipinski definition) is 5. The van der Waals surface area contributed by atoms with E-state index in [1.54, 1.807) is 14.1 Å². The SMILES string of the molecule is CN(C)C(=O)COc1cc2c(cc1C(=O)O)OCO2. The zero-order chi connectivity index (χ0) is 14.0. The van der Waals surface area contributed by atoms with E-state index in [0.29, 0.717) is 11.5 Å². The Kier molecular flexibility index (Phi) is 3.46. The summed E-state index contributed by atoms with van der Waals surface area (Å²) < 4.78 is 15.5. The van der Waals surface area contributed by atoms with Crippen molar-refractivity contribution in [2.45, 2.75) is 0 Å². The monoisotopic (exact) mass is 267 g/mol. The molecule has 2 rings (SSSR count). The van der Waals surface area contributed by atoms with E-state index in [0.717, 1.165) is 0 Å². The predicted octanol–water partition coefficient (Wildman–Crippen LogP) is 0.580. The first-order chi connectivity index (χ1) is 8.99. The van der Waals surface area contributed by atoms with Crippen LogP contribution in [0.15, 0.2) is 12.1 Å². The van der Waals surface area contributed by atoms with Crippen LogP contribution in [0, 0.1) is 0 Å². The summed E-state index contributed by atoms with van der Waals surface area (Å²) in [5.41, 5.74) is -0.0733. The molecule has 0 radical (unpaired) electrons. The molecule has 0 spiro atoms. The van der Waals surface area contributed by atoms with Crippen molar-refractivity contribution in [2.24, 2.45) is 0 Å². The van der Waals surface area contributed by atoms with Crippen molar-refractivity contribution in [1.82, 2.24) is 4.90 Å². The second kappa shape index (κ2) is 5.05. The fraction of sp³-hybridized carbons (Fsp3) is 0.333. The first-order valence-electron chi connectivity index (χ1n) is 5.49. The minimum Gasteiger partial charge on any atom is -0.483 e. The summed E-state index contributed by atoms with van der Waals surface area (Å²) in [7, 11) is 3.17. The van der Waals surface area contributed by atoms with E-state index in [2.05, 4.69) is 0 Å². The van der Waals surface area contributed by atoms with Gasteiger partial charge < -0.3 is 24.2 Å². The maximum Gasteiger partial charge on any atom is 0.339 e. The Balaban J connectivity index is 2.23. The number of carboxylic acid groups (broad SMARTS) is 1. The van der Waals surface area contributed by atoms with Crippen molar-refractivity contribution in [3.63, 3.8) is 0 Å². The Labute approximate surface area is 109 Å². The van der Waals surface area contributed by atoms with Gasteiger partial charge in [-0.05, 0) is 0 Å². The van der Waals surface area contributed by atoms with Crippen LogP contribution in [0.1, 0.15) is 10.4 Å². The number of rotatable bonds is 4. The molecule has 0 saturated carbocycles. The molecule has 1 amide bonds. The van der Waals surface area contributed by atoms with Crippen LogP contribution in [-0.2, 0) is 4.79 Å². The average molecular weight is 267 g/mol. The molecule has 102 valence electrons. The molecule has 1 aromatic rings. The van der Waals surface area contributed by atoms with Crippen molar-refractivity contribution < 1.29 is 28.9 Å². The lowest BCUT2D eigenvalue weighted by molar-refractivity contribution is -0.130. The predicted molar refractivity (Wildman–Crippen MR) is 63.7 cm³/mol. The molecule has 1 N–H and O–H groups in total. The molecule has 1 aliphatic rings. The summed E-state index contributed by atoms with van der Waals surface area (Å²) in [6, 6.07) is 2.73. The maximum absolute atomic E-state index is 11.4. The van der Waals surface area contributed by atoms with E-state index >= 15 is 0 Å². The molecule has 0 aliphatic carbocycles. The highest BCUT2D eigenvalue weighted by atomic mass is 16.7. The molecule has 0 bridgehead atoms. The topological polar surface area (TPSA) is 85.3 Å². The van der Waals surface area contributed by atoms with Crippen molar-refractivity contribution in [1.29, 1.82) is 0 Å². The Morgan fingerprint density at radius 2 is 1.95 bits per heavy atom. The summed E-state index contributed by atoms with van der Waals surface area (Å²) >= 11 is 0. The molecule has 7 heteroatoms. The smallest absolute Gasteiger partial charge is 0.339 e. The largest absolute Gasteiger partial charge is 0.483 e. The quantitative estimate of drug-likeness (QED) is 0.859. The molecule has 0 fully saturated rings. The molecule has 1 aromatic carbocycles. The van der Waals surface area contributed by atoms with Gasteiger partial charge >= 0.3 is 5.97 Å². The normalized spacial score (nSPS) is 12.1. The van der Waals surface area contributed by atoms with Crippen LogP contribution in [0.5, 0.6) is 17.2 Å². The van der Waals surface area contributed by atoms with Crippen molar-refractivity contribution in [3.8, 4) is 17.2 Å². The summed E-state index contributed by atoms with van der Waals surface area (Å²) in [4.78, 5) is 23.9. The lowest BCUT2D eigenvalue weighted by Crippen LogP contribution is -2.27. The minimum atomic E-state index is -1.16. The molecule has 0 aromatic heterocycles. The first kappa shape index (κ1) is 13.0. The van der Waals surface area contributed by atoms with E-state index < -0.39 is 5.97 Å². The highest BCUT2D eigenvalue weighted by Crippen LogP contribution is 2.38. The third-order valence-corrected chi connectivity index (χ3v) is 2.56. The standard InChI is InChI=1S/C12H13NO6/c1-13(2)11(14)5-17-8-4-10-9(18-6-19-10)3-7(8)12(15)16/h3-4H,5-6H2,1-2H3,(H,15,16). The van der Waals surface area contributed by atoms with E-state index in [9.17, 15) is 9.59 Å². The first-order valence-corrected chi connectivity index (χ1v) is 5.49. The van der Waals surface area contributed by atoms with E-state index in [1.165, 1.54) is 17.0 Å². The lowest BCUT2D eigenvalue weighted by Gasteiger charge is -2.13. The molecule has 0 atom stereocenters. The Morgan fingerprint density at radius 1 is 1.32 bits per heavy atom. The number of ether oxygens (including phenoxy) is 3. The Morgan fingerprint density at radius 3 is 2.53 bits per heavy atom. The van der Waals surface area contributed by atoms with Gasteiger partial charge in [-0.1, -0.05) is 0 Å². The van der Waals surface area contributed by atoms with Gasteiger partial charge in [0.05, 0.1) is 0 Å². The minimum absolute atomic E-state index is 0.0362. The zero-order valence-corrected chi connectivity index (χ0v) is 10.5. The number of benzene rings is 1. The van der Waals surface area contributed by atoms with Crippen LogP contribution in [0.4, 0.5) is 0 Å². The summed E-state index contributed by atoms with van der Waals surface area (Å²) in [6.07, 6.45) is 0. The summed E-state index contributed by atoms with van der Waals surface area (Å²) in [6.45, 7) is -0.207. The fourth-order valence-corrected chi connectivity index (χ4v) is 1.48. The third kappa shape index (κ3) is 2.70. The summed E-state index contributed by atoms with van der Waals surface area (Å²) in [5, 5.41) is 9.10. The number of nitrogens with zero attached hydrogens (tertiary/aromatic N) is 1. The number of carbonyl (C=O) groups excluding carboxylic acids is 1. The van der Waals surface area contributed by atoms with Gasteiger partial charge in [-0.2, -0.15) is 0 Å². The number of carbonyl (C=O) groups is 2. The third-order valence-electron chi connectivity index (χ3n) is 2.56. The Hall–Kier alpha value is -2.44. The van der Waals surface area contributed by atoms with Gasteiger partial charge in [-0.25, -0.2) is 4.79 Å². The zero-order valence-electron chi connectivity index (χ0n) is 10.5. The number of hydrogen-bond donors (Lipinski definition) is 1. The summed E-state index contributed by atoms with van der Waals surface area (Å²) in [5.74, 6) is -0.604. The van der Waals surface area contributed by atoms with Crippen LogP contribution in [0.25, 0.3) is 0 Å². The molecular formula is C12H13NO6. The second-order valence-electron chi connectivity index (χ2n) is 4.08. The van der Waals surface area contributed by atoms with Gasteiger partial charge in [0.25, 0.3) is 5.91 Å². The van der Waals surface area contributed by atoms with E-state index in [1.807, 2.05) is 0 Å². The van der Waals surface area contributed by atoms with Gasteiger partial charge in [-0.15, -0.1) is 0 Å². The van der Waals surface area contributed by atoms with Crippen molar-refractivity contribution >= 4 is 11.9 Å². The number of carboxylic acids is 1. The fourth-order valence-electron chi connectivity index (χ4n) is 1.48. The number of amides is 1. The number of likely N-dealkylation sites (N-methyl/N-ethyl adjacent to an activating group) is 1. The second-order valence-corrected chi connectivity index (χ2v) is 4.08. The molecule has 1 heterocycles. The lowest BCUT2D eigenvalue weighted by atomic mass is 10.2. The molecule has 19 heavy (non-hydrogen) atoms. The molecule has 0 saturated heterocycles. The van der Waals surface area contributed by atoms with Crippen LogP contribution in [-0.4, -0.2) is 49.4 Å². The van der Waals surface area contributed by atoms with E-state index in [4.69, 9.17) is 19.3 Å². The number of aromatic carboxylic acids is 1.